The van der Waals surface area contributed by atoms with Gasteiger partial charge in [0, 0.05) is 5.41 Å². The predicted molar refractivity (Wildman–Crippen MR) is 53.3 cm³/mol. The first-order valence-electron chi connectivity index (χ1n) is 4.33. The van der Waals surface area contributed by atoms with Crippen molar-refractivity contribution in [3.63, 3.8) is 0 Å². The molecule has 0 spiro atoms. The topological polar surface area (TPSA) is 45.4 Å². The number of ether oxygens (including phenoxy) is 1. The smallest absolute Gasteiger partial charge is 0.208 e. The molecule has 0 amide bonds. The van der Waals surface area contributed by atoms with Gasteiger partial charge >= 0.3 is 0 Å². The molecule has 0 aromatic heterocycles. The van der Waals surface area contributed by atoms with E-state index in [2.05, 4.69) is 4.99 Å². The van der Waals surface area contributed by atoms with Crippen LogP contribution in [0.25, 0.3) is 0 Å². The summed E-state index contributed by atoms with van der Waals surface area (Å²) in [6.45, 7) is 11.7. The minimum atomic E-state index is -0.303. The van der Waals surface area contributed by atoms with E-state index in [9.17, 15) is 0 Å². The largest absolute Gasteiger partial charge is 0.474 e. The van der Waals surface area contributed by atoms with Gasteiger partial charge in [-0.2, -0.15) is 5.26 Å². The van der Waals surface area contributed by atoms with Crippen LogP contribution in [0.4, 0.5) is 0 Å². The number of aliphatic imine (C=N–C) groups is 1. The van der Waals surface area contributed by atoms with E-state index in [4.69, 9.17) is 10.00 Å². The van der Waals surface area contributed by atoms with E-state index in [1.165, 1.54) is 0 Å². The molecule has 0 saturated carbocycles. The summed E-state index contributed by atoms with van der Waals surface area (Å²) >= 11 is 0. The van der Waals surface area contributed by atoms with E-state index in [1.807, 2.05) is 41.5 Å². The molecule has 0 heterocycles. The van der Waals surface area contributed by atoms with Gasteiger partial charge in [-0.15, -0.1) is 4.99 Å². The lowest BCUT2D eigenvalue weighted by atomic mass is 9.96. The fourth-order valence-electron chi connectivity index (χ4n) is 0.679. The Kier molecular flexibility index (Phi) is 3.48. The molecule has 0 fully saturated rings. The maximum Gasteiger partial charge on any atom is 0.208 e. The van der Waals surface area contributed by atoms with Crippen LogP contribution in [-0.4, -0.2) is 11.5 Å². The maximum atomic E-state index is 8.48. The number of nitrogens with zero attached hydrogens (tertiary/aromatic N) is 2. The summed E-state index contributed by atoms with van der Waals surface area (Å²) in [7, 11) is 0. The molecule has 0 aliphatic rings. The molecule has 0 saturated heterocycles. The van der Waals surface area contributed by atoms with Crippen molar-refractivity contribution in [1.29, 1.82) is 5.26 Å². The molecule has 0 rings (SSSR count). The van der Waals surface area contributed by atoms with Gasteiger partial charge in [0.25, 0.3) is 0 Å². The molecule has 0 atom stereocenters. The third kappa shape index (κ3) is 5.24. The highest BCUT2D eigenvalue weighted by molar-refractivity contribution is 5.82. The molecule has 13 heavy (non-hydrogen) atoms. The van der Waals surface area contributed by atoms with Gasteiger partial charge in [-0.3, -0.25) is 0 Å². The minimum Gasteiger partial charge on any atom is -0.474 e. The lowest BCUT2D eigenvalue weighted by molar-refractivity contribution is 0.0984. The third-order valence-corrected chi connectivity index (χ3v) is 1.20. The summed E-state index contributed by atoms with van der Waals surface area (Å²) in [4.78, 5) is 3.68. The fraction of sp³-hybridized carbons (Fsp3) is 0.800. The first-order valence-corrected chi connectivity index (χ1v) is 4.33. The van der Waals surface area contributed by atoms with Crippen LogP contribution < -0.4 is 0 Å². The molecular weight excluding hydrogens is 164 g/mol. The number of rotatable bonds is 0. The average Bonchev–Trinajstić information content (AvgIpc) is 1.81. The van der Waals surface area contributed by atoms with Gasteiger partial charge in [-0.1, -0.05) is 20.8 Å². The summed E-state index contributed by atoms with van der Waals surface area (Å²) in [5.41, 5.74) is -0.522. The monoisotopic (exact) mass is 182 g/mol. The first-order chi connectivity index (χ1) is 5.67. The molecule has 3 nitrogen and oxygen atoms in total. The standard InChI is InChI=1S/C10H18N2O/c1-9(2,3)8(12-7-11)13-10(4,5)6/h1-6H3. The highest BCUT2D eigenvalue weighted by Crippen LogP contribution is 2.21. The summed E-state index contributed by atoms with van der Waals surface area (Å²) in [5, 5.41) is 8.48. The molecule has 0 unspecified atom stereocenters. The van der Waals surface area contributed by atoms with Gasteiger partial charge in [-0.25, -0.2) is 0 Å². The summed E-state index contributed by atoms with van der Waals surface area (Å²) in [6.07, 6.45) is 1.76. The molecule has 0 radical (unpaired) electrons. The Morgan fingerprint density at radius 2 is 1.62 bits per heavy atom. The average molecular weight is 182 g/mol. The van der Waals surface area contributed by atoms with Crippen LogP contribution in [0.3, 0.4) is 0 Å². The molecule has 0 aliphatic heterocycles. The zero-order valence-electron chi connectivity index (χ0n) is 9.30. The molecule has 74 valence electrons. The van der Waals surface area contributed by atoms with Crippen molar-refractivity contribution in [3.8, 4) is 6.19 Å². The zero-order valence-corrected chi connectivity index (χ0v) is 9.30. The van der Waals surface area contributed by atoms with Crippen LogP contribution in [0.2, 0.25) is 0 Å². The number of nitriles is 1. The maximum absolute atomic E-state index is 8.48. The van der Waals surface area contributed by atoms with Crippen molar-refractivity contribution >= 4 is 5.90 Å². The van der Waals surface area contributed by atoms with Crippen LogP contribution in [0.1, 0.15) is 41.5 Å². The number of hydrogen-bond donors (Lipinski definition) is 0. The van der Waals surface area contributed by atoms with Crippen molar-refractivity contribution in [2.24, 2.45) is 10.4 Å². The third-order valence-electron chi connectivity index (χ3n) is 1.20. The van der Waals surface area contributed by atoms with Gasteiger partial charge in [0.1, 0.15) is 5.60 Å². The second-order valence-electron chi connectivity index (χ2n) is 4.98. The predicted octanol–water partition coefficient (Wildman–Crippen LogP) is 2.73. The second-order valence-corrected chi connectivity index (χ2v) is 4.98. The number of hydrogen-bond acceptors (Lipinski definition) is 3. The summed E-state index contributed by atoms with van der Waals surface area (Å²) in [5.74, 6) is 0.488. The van der Waals surface area contributed by atoms with Crippen LogP contribution in [0.5, 0.6) is 0 Å². The Hall–Kier alpha value is -1.04. The van der Waals surface area contributed by atoms with E-state index in [0.717, 1.165) is 0 Å². The van der Waals surface area contributed by atoms with Crippen molar-refractivity contribution < 1.29 is 4.74 Å². The molecule has 0 bridgehead atoms. The van der Waals surface area contributed by atoms with Gasteiger partial charge in [0.2, 0.25) is 12.1 Å². The van der Waals surface area contributed by atoms with Gasteiger partial charge in [-0.05, 0) is 20.8 Å². The second kappa shape index (κ2) is 3.78. The lowest BCUT2D eigenvalue weighted by Crippen LogP contribution is -2.32. The highest BCUT2D eigenvalue weighted by Gasteiger charge is 2.25. The van der Waals surface area contributed by atoms with Gasteiger partial charge in [0.05, 0.1) is 0 Å². The van der Waals surface area contributed by atoms with Crippen molar-refractivity contribution in [2.75, 3.05) is 0 Å². The van der Waals surface area contributed by atoms with Crippen LogP contribution in [0, 0.1) is 16.9 Å². The highest BCUT2D eigenvalue weighted by atomic mass is 16.5. The normalized spacial score (nSPS) is 13.8. The van der Waals surface area contributed by atoms with Gasteiger partial charge < -0.3 is 4.74 Å². The molecule has 3 heteroatoms. The van der Waals surface area contributed by atoms with E-state index >= 15 is 0 Å². The van der Waals surface area contributed by atoms with Crippen molar-refractivity contribution in [2.45, 2.75) is 47.1 Å². The molecule has 0 aromatic carbocycles. The van der Waals surface area contributed by atoms with Crippen LogP contribution >= 0.6 is 0 Å². The molecule has 0 aliphatic carbocycles. The van der Waals surface area contributed by atoms with Crippen LogP contribution in [0.15, 0.2) is 4.99 Å². The van der Waals surface area contributed by atoms with E-state index in [0.29, 0.717) is 5.90 Å². The quantitative estimate of drug-likeness (QED) is 0.328. The van der Waals surface area contributed by atoms with E-state index < -0.39 is 0 Å². The Balaban J connectivity index is 4.70. The van der Waals surface area contributed by atoms with Crippen molar-refractivity contribution in [1.82, 2.24) is 0 Å². The molecule has 0 aromatic rings. The summed E-state index contributed by atoms with van der Waals surface area (Å²) in [6, 6.07) is 0. The zero-order chi connectivity index (χ0) is 10.7. The minimum absolute atomic E-state index is 0.219. The first kappa shape index (κ1) is 12.0. The Bertz CT molecular complexity index is 235. The fourth-order valence-corrected chi connectivity index (χ4v) is 0.679. The Labute approximate surface area is 80.4 Å². The molecular formula is C10H18N2O. The molecule has 0 N–H and O–H groups in total. The Morgan fingerprint density at radius 1 is 1.15 bits per heavy atom. The summed E-state index contributed by atoms with van der Waals surface area (Å²) < 4.78 is 5.57. The van der Waals surface area contributed by atoms with Gasteiger partial charge in [0.15, 0.2) is 0 Å². The van der Waals surface area contributed by atoms with E-state index in [1.54, 1.807) is 6.19 Å². The van der Waals surface area contributed by atoms with Crippen LogP contribution in [-0.2, 0) is 4.74 Å². The van der Waals surface area contributed by atoms with E-state index in [-0.39, 0.29) is 11.0 Å². The Morgan fingerprint density at radius 3 is 1.85 bits per heavy atom. The lowest BCUT2D eigenvalue weighted by Gasteiger charge is -2.28. The SMILES string of the molecule is CC(C)(C)OC(=NC#N)C(C)(C)C. The van der Waals surface area contributed by atoms with Crippen molar-refractivity contribution in [3.05, 3.63) is 0 Å².